The van der Waals surface area contributed by atoms with E-state index in [1.165, 1.54) is 13.0 Å². The Morgan fingerprint density at radius 3 is 2.54 bits per heavy atom. The van der Waals surface area contributed by atoms with E-state index in [0.29, 0.717) is 5.57 Å². The van der Waals surface area contributed by atoms with Gasteiger partial charge < -0.3 is 15.3 Å². The molecule has 0 bridgehead atoms. The van der Waals surface area contributed by atoms with E-state index < -0.39 is 11.6 Å². The molecule has 0 spiro atoms. The number of carboxylic acid groups (broad SMARTS) is 1. The molecule has 0 heterocycles. The molecule has 0 radical (unpaired) electrons. The van der Waals surface area contributed by atoms with Gasteiger partial charge in [-0.2, -0.15) is 0 Å². The topological polar surface area (TPSA) is 77.8 Å². The predicted octanol–water partition coefficient (Wildman–Crippen LogP) is 0.984. The summed E-state index contributed by atoms with van der Waals surface area (Å²) in [5.41, 5.74) is -0.861. The van der Waals surface area contributed by atoms with E-state index in [1.54, 1.807) is 6.92 Å². The Labute approximate surface area is 75.8 Å². The van der Waals surface area contributed by atoms with Crippen LogP contribution in [-0.2, 0) is 4.79 Å². The highest BCUT2D eigenvalue weighted by molar-refractivity contribution is 5.92. The quantitative estimate of drug-likeness (QED) is 0.567. The Balaban J connectivity index is 3.13. The minimum Gasteiger partial charge on any atom is -0.511 e. The van der Waals surface area contributed by atoms with E-state index in [0.717, 1.165) is 0 Å². The molecule has 0 aliphatic heterocycles. The monoisotopic (exact) mass is 184 g/mol. The molecule has 0 fully saturated rings. The smallest absolute Gasteiger partial charge is 0.339 e. The Morgan fingerprint density at radius 2 is 2.15 bits per heavy atom. The fraction of sp³-hybridized carbons (Fsp3) is 0.444. The summed E-state index contributed by atoms with van der Waals surface area (Å²) >= 11 is 0. The van der Waals surface area contributed by atoms with E-state index >= 15 is 0 Å². The van der Waals surface area contributed by atoms with Gasteiger partial charge in [0.1, 0.15) is 5.76 Å². The number of rotatable bonds is 1. The molecule has 13 heavy (non-hydrogen) atoms. The molecule has 0 aromatic heterocycles. The van der Waals surface area contributed by atoms with Crippen molar-refractivity contribution in [2.75, 3.05) is 0 Å². The zero-order valence-electron chi connectivity index (χ0n) is 7.53. The van der Waals surface area contributed by atoms with Crippen molar-refractivity contribution in [1.82, 2.24) is 0 Å². The van der Waals surface area contributed by atoms with Crippen molar-refractivity contribution >= 4 is 5.97 Å². The number of hydrogen-bond donors (Lipinski definition) is 3. The number of carboxylic acids is 1. The Kier molecular flexibility index (Phi) is 2.17. The summed E-state index contributed by atoms with van der Waals surface area (Å²) in [6, 6.07) is 0. The van der Waals surface area contributed by atoms with Gasteiger partial charge in [-0.05, 0) is 25.5 Å². The van der Waals surface area contributed by atoms with Crippen LogP contribution in [-0.4, -0.2) is 26.9 Å². The van der Waals surface area contributed by atoms with Crippen LogP contribution in [0.25, 0.3) is 0 Å². The minimum absolute atomic E-state index is 0.0496. The van der Waals surface area contributed by atoms with Crippen LogP contribution < -0.4 is 0 Å². The molecule has 0 aromatic carbocycles. The van der Waals surface area contributed by atoms with Gasteiger partial charge in [0.25, 0.3) is 0 Å². The van der Waals surface area contributed by atoms with E-state index in [9.17, 15) is 15.0 Å². The van der Waals surface area contributed by atoms with E-state index in [4.69, 9.17) is 5.11 Å². The standard InChI is InChI=1S/C9H12O4/c1-5-3-9(2,13)4-6(10)7(5)8(11)12/h3,10,13H,4H2,1-2H3,(H,11,12). The van der Waals surface area contributed by atoms with Crippen molar-refractivity contribution in [3.63, 3.8) is 0 Å². The molecule has 0 aromatic rings. The minimum atomic E-state index is -1.17. The Morgan fingerprint density at radius 1 is 1.62 bits per heavy atom. The second-order valence-corrected chi connectivity index (χ2v) is 3.49. The van der Waals surface area contributed by atoms with Crippen molar-refractivity contribution in [3.05, 3.63) is 23.0 Å². The summed E-state index contributed by atoms with van der Waals surface area (Å²) in [5, 5.41) is 27.6. The fourth-order valence-corrected chi connectivity index (χ4v) is 1.54. The average Bonchev–Trinajstić information content (AvgIpc) is 1.78. The summed E-state index contributed by atoms with van der Waals surface area (Å²) < 4.78 is 0. The molecule has 72 valence electrons. The molecule has 0 saturated heterocycles. The lowest BCUT2D eigenvalue weighted by molar-refractivity contribution is -0.132. The third-order valence-electron chi connectivity index (χ3n) is 1.95. The highest BCUT2D eigenvalue weighted by Crippen LogP contribution is 2.29. The number of carbonyl (C=O) groups is 1. The van der Waals surface area contributed by atoms with Gasteiger partial charge >= 0.3 is 5.97 Å². The van der Waals surface area contributed by atoms with Gasteiger partial charge in [0.15, 0.2) is 0 Å². The second-order valence-electron chi connectivity index (χ2n) is 3.49. The molecule has 4 heteroatoms. The Hall–Kier alpha value is -1.29. The van der Waals surface area contributed by atoms with E-state index in [1.807, 2.05) is 0 Å². The third kappa shape index (κ3) is 1.89. The molecule has 1 aliphatic rings. The number of aliphatic carboxylic acids is 1. The average molecular weight is 184 g/mol. The molecule has 1 atom stereocenters. The molecular weight excluding hydrogens is 172 g/mol. The van der Waals surface area contributed by atoms with Crippen LogP contribution in [0.3, 0.4) is 0 Å². The first-order valence-electron chi connectivity index (χ1n) is 3.91. The number of hydrogen-bond acceptors (Lipinski definition) is 3. The maximum absolute atomic E-state index is 10.6. The Bertz CT molecular complexity index is 310. The van der Waals surface area contributed by atoms with Crippen LogP contribution in [0.4, 0.5) is 0 Å². The second kappa shape index (κ2) is 2.88. The summed E-state index contributed by atoms with van der Waals surface area (Å²) in [6.45, 7) is 3.07. The zero-order valence-corrected chi connectivity index (χ0v) is 7.53. The molecule has 1 aliphatic carbocycles. The van der Waals surface area contributed by atoms with Crippen LogP contribution in [0.1, 0.15) is 20.3 Å². The van der Waals surface area contributed by atoms with Crippen LogP contribution in [0.2, 0.25) is 0 Å². The summed E-state index contributed by atoms with van der Waals surface area (Å²) in [7, 11) is 0. The molecule has 3 N–H and O–H groups in total. The first kappa shape index (κ1) is 9.80. The fourth-order valence-electron chi connectivity index (χ4n) is 1.54. The SMILES string of the molecule is CC1=CC(C)(O)CC(O)=C1C(=O)O. The predicted molar refractivity (Wildman–Crippen MR) is 46.3 cm³/mol. The third-order valence-corrected chi connectivity index (χ3v) is 1.95. The number of aliphatic hydroxyl groups is 2. The van der Waals surface area contributed by atoms with Crippen molar-refractivity contribution < 1.29 is 20.1 Å². The molecular formula is C9H12O4. The normalized spacial score (nSPS) is 28.7. The molecule has 0 amide bonds. The lowest BCUT2D eigenvalue weighted by Crippen LogP contribution is -2.27. The van der Waals surface area contributed by atoms with Gasteiger partial charge in [-0.1, -0.05) is 0 Å². The molecule has 4 nitrogen and oxygen atoms in total. The first-order valence-corrected chi connectivity index (χ1v) is 3.91. The van der Waals surface area contributed by atoms with Gasteiger partial charge in [0.05, 0.1) is 11.2 Å². The molecule has 1 unspecified atom stereocenters. The summed E-state index contributed by atoms with van der Waals surface area (Å²) in [4.78, 5) is 10.6. The van der Waals surface area contributed by atoms with Crippen molar-refractivity contribution in [3.8, 4) is 0 Å². The highest BCUT2D eigenvalue weighted by Gasteiger charge is 2.30. The maximum atomic E-state index is 10.6. The van der Waals surface area contributed by atoms with Gasteiger partial charge in [0, 0.05) is 6.42 Å². The van der Waals surface area contributed by atoms with Crippen LogP contribution in [0.15, 0.2) is 23.0 Å². The van der Waals surface area contributed by atoms with Gasteiger partial charge in [0.2, 0.25) is 0 Å². The van der Waals surface area contributed by atoms with Crippen molar-refractivity contribution in [2.24, 2.45) is 0 Å². The first-order chi connectivity index (χ1) is 5.83. The lowest BCUT2D eigenvalue weighted by atomic mass is 9.88. The number of aliphatic hydroxyl groups excluding tert-OH is 1. The van der Waals surface area contributed by atoms with Crippen LogP contribution >= 0.6 is 0 Å². The van der Waals surface area contributed by atoms with E-state index in [-0.39, 0.29) is 17.8 Å². The maximum Gasteiger partial charge on any atom is 0.339 e. The molecule has 0 saturated carbocycles. The van der Waals surface area contributed by atoms with Crippen LogP contribution in [0.5, 0.6) is 0 Å². The van der Waals surface area contributed by atoms with Crippen molar-refractivity contribution in [1.29, 1.82) is 0 Å². The van der Waals surface area contributed by atoms with Gasteiger partial charge in [-0.25, -0.2) is 4.79 Å². The highest BCUT2D eigenvalue weighted by atomic mass is 16.4. The van der Waals surface area contributed by atoms with E-state index in [2.05, 4.69) is 0 Å². The summed E-state index contributed by atoms with van der Waals surface area (Å²) in [6.07, 6.45) is 1.39. The van der Waals surface area contributed by atoms with Gasteiger partial charge in [-0.15, -0.1) is 0 Å². The van der Waals surface area contributed by atoms with Crippen molar-refractivity contribution in [2.45, 2.75) is 25.9 Å². The molecule has 1 rings (SSSR count). The largest absolute Gasteiger partial charge is 0.511 e. The zero-order chi connectivity index (χ0) is 10.2. The van der Waals surface area contributed by atoms with Crippen LogP contribution in [0, 0.1) is 0 Å². The van der Waals surface area contributed by atoms with Gasteiger partial charge in [-0.3, -0.25) is 0 Å². The summed E-state index contributed by atoms with van der Waals surface area (Å²) in [5.74, 6) is -1.43. The lowest BCUT2D eigenvalue weighted by Gasteiger charge is -2.25.